The minimum atomic E-state index is -2.66. The summed E-state index contributed by atoms with van der Waals surface area (Å²) in [6, 6.07) is 63.4. The molecule has 5 heterocycles. The summed E-state index contributed by atoms with van der Waals surface area (Å²) in [5.41, 5.74) is 11.0. The number of carbonyl (C=O) groups is 8. The predicted molar refractivity (Wildman–Crippen MR) is 515 cm³/mol. The Morgan fingerprint density at radius 2 is 0.986 bits per heavy atom. The number of nitrogens with one attached hydrogen (secondary N) is 1. The number of hydrogen-bond acceptors (Lipinski definition) is 29. The number of rotatable bonds is 47. The highest BCUT2D eigenvalue weighted by atomic mass is 35.6. The van der Waals surface area contributed by atoms with Crippen molar-refractivity contribution in [1.82, 2.24) is 10.2 Å². The molecule has 0 aliphatic carbocycles. The number of Topliss-reactive ketones (excluding diaryl/α,β-unsaturated/α-hetero) is 1. The van der Waals surface area contributed by atoms with E-state index in [-0.39, 0.29) is 83.9 Å². The monoisotopic (exact) mass is 2020 g/mol. The average Bonchev–Trinajstić information content (AvgIpc) is 0.749. The molecule has 3 amide bonds. The fourth-order valence-electron chi connectivity index (χ4n) is 18.4. The van der Waals surface area contributed by atoms with Crippen LogP contribution < -0.4 is 11.1 Å². The lowest BCUT2D eigenvalue weighted by molar-refractivity contribution is -0.372. The second kappa shape index (κ2) is 54.2. The molecule has 0 radical (unpaired) electrons. The number of alkyl carbamates (subject to hydrolysis) is 1. The van der Waals surface area contributed by atoms with E-state index in [0.717, 1.165) is 40.5 Å². The first kappa shape index (κ1) is 110. The van der Waals surface area contributed by atoms with Gasteiger partial charge in [0, 0.05) is 63.1 Å². The van der Waals surface area contributed by atoms with Crippen LogP contribution in [0.4, 0.5) is 14.4 Å². The normalized spacial score (nSPS) is 28.2. The fourth-order valence-corrected chi connectivity index (χ4v) is 18.6. The molecule has 0 bridgehead atoms. The van der Waals surface area contributed by atoms with E-state index in [1.54, 1.807) is 62.9 Å². The number of primary amides is 1. The third-order valence-electron chi connectivity index (χ3n) is 26.2. The van der Waals surface area contributed by atoms with Gasteiger partial charge in [-0.05, 0) is 84.0 Å². The van der Waals surface area contributed by atoms with E-state index < -0.39 is 223 Å². The Kier molecular flexibility index (Phi) is 42.3. The number of hydrogen-bond donors (Lipinski definition) is 2. The second-order valence-electron chi connectivity index (χ2n) is 36.4. The topological polar surface area (TPSA) is 372 Å². The average molecular weight is 2020 g/mol. The van der Waals surface area contributed by atoms with Crippen LogP contribution in [-0.2, 0) is 158 Å². The van der Waals surface area contributed by atoms with Crippen molar-refractivity contribution in [3.05, 3.63) is 251 Å². The molecule has 26 atom stereocenters. The molecule has 5 aliphatic rings. The number of amides is 3. The first-order valence-corrected chi connectivity index (χ1v) is 49.2. The van der Waals surface area contributed by atoms with E-state index >= 15 is 14.4 Å². The van der Waals surface area contributed by atoms with Crippen molar-refractivity contribution < 1.29 is 138 Å². The van der Waals surface area contributed by atoms with Crippen LogP contribution >= 0.6 is 34.8 Å². The highest BCUT2D eigenvalue weighted by molar-refractivity contribution is 6.67. The number of halogens is 3. The third kappa shape index (κ3) is 31.9. The van der Waals surface area contributed by atoms with Crippen LogP contribution in [0.1, 0.15) is 145 Å². The van der Waals surface area contributed by atoms with Crippen molar-refractivity contribution in [3.8, 4) is 0 Å². The van der Waals surface area contributed by atoms with Crippen LogP contribution in [0.15, 0.2) is 212 Å². The van der Waals surface area contributed by atoms with Crippen LogP contribution in [0.2, 0.25) is 0 Å². The van der Waals surface area contributed by atoms with Gasteiger partial charge < -0.3 is 115 Å². The number of ketones is 1. The molecule has 3 N–H and O–H groups in total. The Labute approximate surface area is 838 Å². The second-order valence-corrected chi connectivity index (χ2v) is 39.0. The molecule has 35 heteroatoms. The smallest absolute Gasteiger partial charge is 0.410 e. The van der Waals surface area contributed by atoms with Crippen LogP contribution in [0.5, 0.6) is 0 Å². The maximum Gasteiger partial charge on any atom is 0.410 e. The van der Waals surface area contributed by atoms with Crippen molar-refractivity contribution in [1.29, 1.82) is 0 Å². The van der Waals surface area contributed by atoms with Crippen LogP contribution in [0.3, 0.4) is 0 Å². The molecule has 0 aromatic heterocycles. The minimum absolute atomic E-state index is 0.0568. The molecule has 0 saturated carbocycles. The maximum atomic E-state index is 15.3. The van der Waals surface area contributed by atoms with Gasteiger partial charge in [0.15, 0.2) is 31.3 Å². The number of alkyl halides is 3. The molecule has 7 aromatic carbocycles. The maximum absolute atomic E-state index is 15.3. The summed E-state index contributed by atoms with van der Waals surface area (Å²) in [7, 11) is 1.07. The lowest BCUT2D eigenvalue weighted by Gasteiger charge is -2.52. The Morgan fingerprint density at radius 3 is 1.53 bits per heavy atom. The molecular formula is C106H132Cl3N3O29. The number of methoxy groups -OCH3 is 1. The van der Waals surface area contributed by atoms with Crippen molar-refractivity contribution in [2.24, 2.45) is 47.2 Å². The molecule has 5 fully saturated rings. The SMILES string of the molecule is CC[C@@H](OC(C)=O)[C@@H](C)C1O[C@@](OCC2O[C@@H](O[C@@H]3C(OCc4ccccc4)[C@H](OCCCCCN(Cc4ccccc4)C(=O)OCc4ccccc4)OC(COCc4ccccc4)[C@@H]3C)C(NC(=O)OCC(Cl)(Cl)Cl)[C@@H](O[C@@H]3OC(COCc4ccccc4)[C@H](OC4OC(COC(C)=O)[C@H](OCc5ccccc5)[C@H](C)[C@@H]4C)[C@H](C)C3OC(=O)c3ccccc3)[C@@H]2C)(C(=O)OC)C[C@@H](OC(N)=O)[C@H]1C(C)=O. The van der Waals surface area contributed by atoms with E-state index in [4.69, 9.17) is 140 Å². The molecule has 5 aliphatic heterocycles. The zero-order valence-corrected chi connectivity index (χ0v) is 83.6. The molecule has 12 rings (SSSR count). The van der Waals surface area contributed by atoms with Gasteiger partial charge in [-0.1, -0.05) is 283 Å². The molecule has 5 saturated heterocycles. The van der Waals surface area contributed by atoms with E-state index in [2.05, 4.69) is 5.32 Å². The standard InChI is InChI=1S/C106H132Cl3N3O29/c1-12-81(131-73(10)115)67(4)91-87(71(8)113)82(136-102(110)118)53-105(141-91,101(117)121-11)130-63-84-68(5)92(139-100-94(137-96(116)80-49-33-19-34-50-80)70(7)90(85(135-100)61-123-56-76-41-25-15-26-42-76)138-97-66(3)65(2)89(86(134-97)62-125-72(9)114)126-57-77-43-27-16-28-44-77)88(111-103(119)129-64-106(107,108)109)98(132-84)140-93-69(6)83(60-122-55-75-39-23-14-24-40-75)133-99(95(93)127-58-78-45-29-17-30-46-78)124-52-36-20-35-51-112(54-74-37-21-13-22-38-74)104(120)128-59-79-47-31-18-32-48-79/h13-19,21-34,37-50,65-70,81-95,97-100H,12,20,35-36,51-64H2,1-11H3,(H2,110,118)(H,111,119)/t65-,66+,67-,68-,69+,70+,81-,82-,83?,84?,85?,86?,87-,88?,89-,90-,91?,92+,93+,94?,95?,97?,98+,99-,100+,105-/m1/s1. The van der Waals surface area contributed by atoms with Gasteiger partial charge in [-0.25, -0.2) is 24.0 Å². The zero-order valence-electron chi connectivity index (χ0n) is 81.4. The number of ether oxygens (including phenoxy) is 21. The molecule has 7 aromatic rings. The Hall–Kier alpha value is -9.79. The van der Waals surface area contributed by atoms with Gasteiger partial charge >= 0.3 is 42.2 Å². The van der Waals surface area contributed by atoms with E-state index in [1.165, 1.54) is 20.8 Å². The summed E-state index contributed by atoms with van der Waals surface area (Å²) in [6.07, 6.45) is -24.0. The van der Waals surface area contributed by atoms with E-state index in [1.807, 2.05) is 203 Å². The van der Waals surface area contributed by atoms with Gasteiger partial charge in [0.05, 0.1) is 114 Å². The van der Waals surface area contributed by atoms with Gasteiger partial charge in [-0.15, -0.1) is 0 Å². The summed E-state index contributed by atoms with van der Waals surface area (Å²) < 4.78 is 139. The quantitative estimate of drug-likeness (QED) is 0.0155. The molecular weight excluding hydrogens is 1890 g/mol. The lowest BCUT2D eigenvalue weighted by atomic mass is 9.77. The van der Waals surface area contributed by atoms with Crippen LogP contribution in [0, 0.1) is 41.4 Å². The third-order valence-corrected chi connectivity index (χ3v) is 26.5. The zero-order chi connectivity index (χ0) is 101. The highest BCUT2D eigenvalue weighted by Crippen LogP contribution is 2.46. The van der Waals surface area contributed by atoms with Gasteiger partial charge in [-0.2, -0.15) is 0 Å². The van der Waals surface area contributed by atoms with Gasteiger partial charge in [0.2, 0.25) is 3.79 Å². The number of carbonyl (C=O) groups excluding carboxylic acids is 8. The van der Waals surface area contributed by atoms with Crippen molar-refractivity contribution in [2.45, 2.75) is 261 Å². The molecule has 32 nitrogen and oxygen atoms in total. The summed E-state index contributed by atoms with van der Waals surface area (Å²) >= 11 is 19.2. The lowest BCUT2D eigenvalue weighted by Crippen LogP contribution is -2.68. The van der Waals surface area contributed by atoms with Gasteiger partial charge in [0.1, 0.15) is 62.2 Å². The molecule has 0 spiro atoms. The summed E-state index contributed by atoms with van der Waals surface area (Å²) in [4.78, 5) is 115. The Bertz CT molecular complexity index is 5020. The van der Waals surface area contributed by atoms with Crippen molar-refractivity contribution >= 4 is 82.7 Å². The highest BCUT2D eigenvalue weighted by Gasteiger charge is 2.61. The Morgan fingerprint density at radius 1 is 0.489 bits per heavy atom. The van der Waals surface area contributed by atoms with Crippen molar-refractivity contribution in [3.63, 3.8) is 0 Å². The molecule has 9 unspecified atom stereocenters. The summed E-state index contributed by atoms with van der Waals surface area (Å²) in [6.45, 7) is 15.4. The van der Waals surface area contributed by atoms with Gasteiger partial charge in [-0.3, -0.25) is 14.4 Å². The molecule has 141 heavy (non-hydrogen) atoms. The number of unbranched alkanes of at least 4 members (excludes halogenated alkanes) is 2. The summed E-state index contributed by atoms with van der Waals surface area (Å²) in [5.74, 6) is -12.6. The van der Waals surface area contributed by atoms with Crippen molar-refractivity contribution in [2.75, 3.05) is 53.3 Å². The number of nitrogens with zero attached hydrogens (tertiary/aromatic N) is 1. The van der Waals surface area contributed by atoms with Crippen LogP contribution in [-0.4, -0.2) is 226 Å². The minimum Gasteiger partial charge on any atom is -0.465 e. The number of esters is 4. The first-order valence-electron chi connectivity index (χ1n) is 48.0. The Balaban J connectivity index is 0.974. The largest absolute Gasteiger partial charge is 0.465 e. The fraction of sp³-hybridized carbons (Fsp3) is 0.528. The van der Waals surface area contributed by atoms with E-state index in [0.29, 0.717) is 25.8 Å². The predicted octanol–water partition coefficient (Wildman–Crippen LogP) is 16.4. The molecule has 766 valence electrons. The van der Waals surface area contributed by atoms with E-state index in [9.17, 15) is 24.0 Å². The summed E-state index contributed by atoms with van der Waals surface area (Å²) in [5, 5.41) is 2.97. The van der Waals surface area contributed by atoms with Crippen LogP contribution in [0.25, 0.3) is 0 Å². The number of nitrogens with two attached hydrogens (primary N) is 1. The number of benzene rings is 7. The van der Waals surface area contributed by atoms with Gasteiger partial charge in [0.25, 0.3) is 5.79 Å². The first-order chi connectivity index (χ1) is 67.9.